The van der Waals surface area contributed by atoms with E-state index in [0.29, 0.717) is 18.7 Å². The molecule has 1 N–H and O–H groups in total. The van der Waals surface area contributed by atoms with E-state index in [-0.39, 0.29) is 19.0 Å². The van der Waals surface area contributed by atoms with E-state index in [1.54, 1.807) is 25.1 Å². The van der Waals surface area contributed by atoms with Crippen molar-refractivity contribution in [1.29, 1.82) is 0 Å². The molecule has 0 aromatic heterocycles. The molecule has 180 valence electrons. The van der Waals surface area contributed by atoms with E-state index in [1.807, 2.05) is 50.2 Å². The number of benzene rings is 2. The van der Waals surface area contributed by atoms with Crippen molar-refractivity contribution in [2.45, 2.75) is 52.6 Å². The zero-order valence-corrected chi connectivity index (χ0v) is 20.8. The zero-order valence-electron chi connectivity index (χ0n) is 20.0. The number of anilines is 1. The number of aryl methyl sites for hydroxylation is 1. The Bertz CT molecular complexity index is 1020. The monoisotopic (exact) mass is 473 g/mol. The van der Waals surface area contributed by atoms with E-state index in [9.17, 15) is 18.0 Å². The lowest BCUT2D eigenvalue weighted by molar-refractivity contribution is -0.140. The second-order valence-electron chi connectivity index (χ2n) is 8.13. The quantitative estimate of drug-likeness (QED) is 0.478. The van der Waals surface area contributed by atoms with Gasteiger partial charge in [-0.05, 0) is 37.0 Å². The first-order chi connectivity index (χ1) is 15.7. The summed E-state index contributed by atoms with van der Waals surface area (Å²) in [6.07, 6.45) is 3.30. The first-order valence-corrected chi connectivity index (χ1v) is 13.2. The molecule has 7 nitrogen and oxygen atoms in total. The van der Waals surface area contributed by atoms with Crippen molar-refractivity contribution in [3.63, 3.8) is 0 Å². The number of hydrogen-bond donors (Lipinski definition) is 1. The van der Waals surface area contributed by atoms with Gasteiger partial charge in [0.15, 0.2) is 0 Å². The highest BCUT2D eigenvalue weighted by Crippen LogP contribution is 2.23. The molecule has 0 bridgehead atoms. The van der Waals surface area contributed by atoms with Gasteiger partial charge in [0.05, 0.1) is 11.9 Å². The minimum absolute atomic E-state index is 0.213. The molecule has 0 fully saturated rings. The van der Waals surface area contributed by atoms with Crippen molar-refractivity contribution in [3.8, 4) is 0 Å². The highest BCUT2D eigenvalue weighted by molar-refractivity contribution is 7.92. The first-order valence-electron chi connectivity index (χ1n) is 11.3. The topological polar surface area (TPSA) is 86.8 Å². The molecule has 2 rings (SSSR count). The van der Waals surface area contributed by atoms with Crippen LogP contribution in [0.15, 0.2) is 54.6 Å². The van der Waals surface area contributed by atoms with E-state index in [4.69, 9.17) is 0 Å². The van der Waals surface area contributed by atoms with E-state index in [1.165, 1.54) is 4.90 Å². The van der Waals surface area contributed by atoms with Crippen LogP contribution in [0.25, 0.3) is 0 Å². The second kappa shape index (κ2) is 12.4. The summed E-state index contributed by atoms with van der Waals surface area (Å²) >= 11 is 0. The summed E-state index contributed by atoms with van der Waals surface area (Å²) in [5, 5.41) is 2.92. The molecule has 2 amide bonds. The predicted molar refractivity (Wildman–Crippen MR) is 132 cm³/mol. The van der Waals surface area contributed by atoms with Crippen LogP contribution in [0.3, 0.4) is 0 Å². The van der Waals surface area contributed by atoms with Gasteiger partial charge in [0, 0.05) is 13.1 Å². The first kappa shape index (κ1) is 26.4. The fourth-order valence-corrected chi connectivity index (χ4v) is 4.55. The summed E-state index contributed by atoms with van der Waals surface area (Å²) < 4.78 is 26.4. The van der Waals surface area contributed by atoms with Gasteiger partial charge in [0.1, 0.15) is 12.6 Å². The van der Waals surface area contributed by atoms with Crippen LogP contribution in [0.4, 0.5) is 5.69 Å². The summed E-state index contributed by atoms with van der Waals surface area (Å²) in [7, 11) is -3.73. The molecule has 1 atom stereocenters. The van der Waals surface area contributed by atoms with Gasteiger partial charge in [-0.2, -0.15) is 0 Å². The van der Waals surface area contributed by atoms with Crippen molar-refractivity contribution in [1.82, 2.24) is 10.2 Å². The van der Waals surface area contributed by atoms with E-state index in [2.05, 4.69) is 5.32 Å². The van der Waals surface area contributed by atoms with Crippen molar-refractivity contribution in [2.24, 2.45) is 0 Å². The van der Waals surface area contributed by atoms with Crippen LogP contribution < -0.4 is 9.62 Å². The van der Waals surface area contributed by atoms with Gasteiger partial charge in [-0.15, -0.1) is 0 Å². The number of para-hydroxylation sites is 1. The molecule has 0 aliphatic carbocycles. The van der Waals surface area contributed by atoms with Gasteiger partial charge < -0.3 is 10.2 Å². The van der Waals surface area contributed by atoms with Gasteiger partial charge in [0.2, 0.25) is 21.8 Å². The number of rotatable bonds is 12. The van der Waals surface area contributed by atoms with Crippen molar-refractivity contribution in [3.05, 3.63) is 65.7 Å². The Kier molecular flexibility index (Phi) is 9.91. The Hall–Kier alpha value is -2.87. The molecule has 0 aliphatic heterocycles. The fraction of sp³-hybridized carbons (Fsp3) is 0.440. The Labute approximate surface area is 197 Å². The van der Waals surface area contributed by atoms with Crippen LogP contribution in [0.2, 0.25) is 0 Å². The van der Waals surface area contributed by atoms with Crippen LogP contribution in [0, 0.1) is 6.92 Å². The molecule has 33 heavy (non-hydrogen) atoms. The number of hydrogen-bond acceptors (Lipinski definition) is 4. The molecule has 0 radical (unpaired) electrons. The third-order valence-corrected chi connectivity index (χ3v) is 6.60. The summed E-state index contributed by atoms with van der Waals surface area (Å²) in [5.74, 6) is -0.651. The maximum absolute atomic E-state index is 13.6. The lowest BCUT2D eigenvalue weighted by atomic mass is 10.1. The van der Waals surface area contributed by atoms with Crippen LogP contribution in [0.1, 0.15) is 44.2 Å². The fourth-order valence-electron chi connectivity index (χ4n) is 3.64. The van der Waals surface area contributed by atoms with Crippen molar-refractivity contribution in [2.75, 3.05) is 23.7 Å². The molecule has 2 aromatic carbocycles. The third-order valence-electron chi connectivity index (χ3n) is 5.47. The third kappa shape index (κ3) is 7.60. The van der Waals surface area contributed by atoms with Gasteiger partial charge in [-0.25, -0.2) is 8.42 Å². The van der Waals surface area contributed by atoms with Crippen LogP contribution in [-0.4, -0.2) is 50.5 Å². The average Bonchev–Trinajstić information content (AvgIpc) is 2.78. The summed E-state index contributed by atoms with van der Waals surface area (Å²) in [5.41, 5.74) is 2.07. The summed E-state index contributed by atoms with van der Waals surface area (Å²) in [4.78, 5) is 28.0. The molecule has 0 heterocycles. The molecular formula is C25H35N3O4S. The molecule has 8 heteroatoms. The number of nitrogens with zero attached hydrogens (tertiary/aromatic N) is 2. The van der Waals surface area contributed by atoms with Crippen LogP contribution in [-0.2, 0) is 26.2 Å². The predicted octanol–water partition coefficient (Wildman–Crippen LogP) is 3.48. The van der Waals surface area contributed by atoms with Gasteiger partial charge >= 0.3 is 0 Å². The standard InChI is InChI=1S/C25H35N3O4S/c1-5-7-17-26-25(30)22(6-2)27(18-21-14-9-8-10-15-21)24(29)19-28(33(4,31)32)23-16-12-11-13-20(23)3/h8-16,22H,5-7,17-19H2,1-4H3,(H,26,30)/t22-/m1/s1. The molecule has 0 saturated carbocycles. The van der Waals surface area contributed by atoms with Gasteiger partial charge in [-0.3, -0.25) is 13.9 Å². The largest absolute Gasteiger partial charge is 0.354 e. The maximum atomic E-state index is 13.6. The van der Waals surface area contributed by atoms with Gasteiger partial charge in [-0.1, -0.05) is 68.8 Å². The van der Waals surface area contributed by atoms with E-state index >= 15 is 0 Å². The van der Waals surface area contributed by atoms with Crippen LogP contribution >= 0.6 is 0 Å². The molecular weight excluding hydrogens is 438 g/mol. The zero-order chi connectivity index (χ0) is 24.4. The molecule has 0 aliphatic rings. The normalized spacial score (nSPS) is 12.1. The Morgan fingerprint density at radius 2 is 1.64 bits per heavy atom. The average molecular weight is 474 g/mol. The van der Waals surface area contributed by atoms with E-state index in [0.717, 1.165) is 34.5 Å². The number of nitrogens with one attached hydrogen (secondary N) is 1. The highest BCUT2D eigenvalue weighted by atomic mass is 32.2. The minimum atomic E-state index is -3.73. The Morgan fingerprint density at radius 3 is 2.21 bits per heavy atom. The molecule has 0 saturated heterocycles. The van der Waals surface area contributed by atoms with Crippen molar-refractivity contribution >= 4 is 27.5 Å². The van der Waals surface area contributed by atoms with Gasteiger partial charge in [0.25, 0.3) is 0 Å². The SMILES string of the molecule is CCCCNC(=O)[C@@H](CC)N(Cc1ccccc1)C(=O)CN(c1ccccc1C)S(C)(=O)=O. The summed E-state index contributed by atoms with van der Waals surface area (Å²) in [6, 6.07) is 15.7. The Morgan fingerprint density at radius 1 is 1.00 bits per heavy atom. The minimum Gasteiger partial charge on any atom is -0.354 e. The summed E-state index contributed by atoms with van der Waals surface area (Å²) in [6.45, 7) is 6.07. The maximum Gasteiger partial charge on any atom is 0.244 e. The molecule has 0 spiro atoms. The number of carbonyl (C=O) groups excluding carboxylic acids is 2. The Balaban J connectivity index is 2.38. The lowest BCUT2D eigenvalue weighted by Gasteiger charge is -2.33. The van der Waals surface area contributed by atoms with Crippen LogP contribution in [0.5, 0.6) is 0 Å². The smallest absolute Gasteiger partial charge is 0.244 e. The highest BCUT2D eigenvalue weighted by Gasteiger charge is 2.31. The number of carbonyl (C=O) groups is 2. The number of unbranched alkanes of at least 4 members (excludes halogenated alkanes) is 1. The lowest BCUT2D eigenvalue weighted by Crippen LogP contribution is -2.52. The van der Waals surface area contributed by atoms with E-state index < -0.39 is 22.0 Å². The van der Waals surface area contributed by atoms with Crippen molar-refractivity contribution < 1.29 is 18.0 Å². The molecule has 0 unspecified atom stereocenters. The number of sulfonamides is 1. The molecule has 2 aromatic rings. The number of amides is 2. The second-order valence-corrected chi connectivity index (χ2v) is 10.0.